The smallest absolute Gasteiger partial charge is 0.159 e. The number of rotatable bonds is 2. The zero-order chi connectivity index (χ0) is 15.0. The fraction of sp³-hybridized carbons (Fsp3) is 0.375. The molecule has 1 unspecified atom stereocenters. The third-order valence-electron chi connectivity index (χ3n) is 4.04. The molecule has 3 nitrogen and oxygen atoms in total. The Labute approximate surface area is 134 Å². The number of nitrogens with zero attached hydrogens (tertiary/aromatic N) is 2. The molecule has 5 heteroatoms. The number of aromatic nitrogens is 2. The van der Waals surface area contributed by atoms with E-state index in [-0.39, 0.29) is 0 Å². The normalized spacial score (nSPS) is 17.6. The highest BCUT2D eigenvalue weighted by Gasteiger charge is 2.22. The van der Waals surface area contributed by atoms with Gasteiger partial charge in [-0.15, -0.1) is 0 Å². The Morgan fingerprint density at radius 1 is 1.19 bits per heavy atom. The summed E-state index contributed by atoms with van der Waals surface area (Å²) < 4.78 is 0. The van der Waals surface area contributed by atoms with Crippen molar-refractivity contribution in [3.8, 4) is 11.4 Å². The second kappa shape index (κ2) is 5.91. The molecule has 0 aliphatic heterocycles. The molecule has 0 fully saturated rings. The second-order valence-corrected chi connectivity index (χ2v) is 6.43. The Hall–Kier alpha value is -1.16. The predicted octanol–water partition coefficient (Wildman–Crippen LogP) is 3.82. The molecule has 3 rings (SSSR count). The minimum Gasteiger partial charge on any atom is -0.330 e. The van der Waals surface area contributed by atoms with Crippen molar-refractivity contribution in [2.45, 2.75) is 26.2 Å². The summed E-state index contributed by atoms with van der Waals surface area (Å²) in [4.78, 5) is 9.36. The second-order valence-electron chi connectivity index (χ2n) is 5.56. The van der Waals surface area contributed by atoms with E-state index in [9.17, 15) is 0 Å². The predicted molar refractivity (Wildman–Crippen MR) is 86.8 cm³/mol. The maximum absolute atomic E-state index is 6.07. The molecular weight excluding hydrogens is 305 g/mol. The number of halogens is 2. The summed E-state index contributed by atoms with van der Waals surface area (Å²) in [5, 5.41) is 1.19. The summed E-state index contributed by atoms with van der Waals surface area (Å²) in [7, 11) is 0. The SMILES string of the molecule is Cc1nc(-c2cc(Cl)cc(Cl)c2)nc2c1CC(CN)CC2. The lowest BCUT2D eigenvalue weighted by Gasteiger charge is -2.24. The van der Waals surface area contributed by atoms with E-state index in [2.05, 4.69) is 4.98 Å². The Bertz CT molecular complexity index is 665. The monoisotopic (exact) mass is 321 g/mol. The largest absolute Gasteiger partial charge is 0.330 e. The number of hydrogen-bond donors (Lipinski definition) is 1. The van der Waals surface area contributed by atoms with Gasteiger partial charge in [0, 0.05) is 27.0 Å². The fourth-order valence-electron chi connectivity index (χ4n) is 2.87. The summed E-state index contributed by atoms with van der Waals surface area (Å²) in [6, 6.07) is 5.41. The van der Waals surface area contributed by atoms with Crippen LogP contribution in [0.4, 0.5) is 0 Å². The number of fused-ring (bicyclic) bond motifs is 1. The third kappa shape index (κ3) is 3.05. The quantitative estimate of drug-likeness (QED) is 0.914. The summed E-state index contributed by atoms with van der Waals surface area (Å²) in [6.45, 7) is 2.76. The molecule has 0 spiro atoms. The van der Waals surface area contributed by atoms with Gasteiger partial charge in [0.1, 0.15) is 0 Å². The summed E-state index contributed by atoms with van der Waals surface area (Å²) in [5.41, 5.74) is 10.1. The van der Waals surface area contributed by atoms with Gasteiger partial charge in [-0.2, -0.15) is 0 Å². The lowest BCUT2D eigenvalue weighted by molar-refractivity contribution is 0.460. The first-order valence-corrected chi connectivity index (χ1v) is 7.85. The van der Waals surface area contributed by atoms with Gasteiger partial charge in [-0.3, -0.25) is 0 Å². The Balaban J connectivity index is 2.04. The van der Waals surface area contributed by atoms with E-state index in [0.29, 0.717) is 21.8 Å². The molecule has 1 aliphatic carbocycles. The van der Waals surface area contributed by atoms with Crippen LogP contribution in [0, 0.1) is 12.8 Å². The molecule has 0 saturated carbocycles. The summed E-state index contributed by atoms with van der Waals surface area (Å²) in [6.07, 6.45) is 3.03. The van der Waals surface area contributed by atoms with E-state index in [4.69, 9.17) is 33.9 Å². The van der Waals surface area contributed by atoms with Gasteiger partial charge in [-0.25, -0.2) is 9.97 Å². The average molecular weight is 322 g/mol. The zero-order valence-corrected chi connectivity index (χ0v) is 13.4. The molecule has 1 heterocycles. The van der Waals surface area contributed by atoms with Gasteiger partial charge in [0.15, 0.2) is 5.82 Å². The highest BCUT2D eigenvalue weighted by Crippen LogP contribution is 2.30. The number of benzene rings is 1. The Morgan fingerprint density at radius 2 is 1.90 bits per heavy atom. The van der Waals surface area contributed by atoms with Gasteiger partial charge >= 0.3 is 0 Å². The van der Waals surface area contributed by atoms with Crippen LogP contribution in [0.1, 0.15) is 23.4 Å². The van der Waals surface area contributed by atoms with Crippen LogP contribution in [-0.2, 0) is 12.8 Å². The molecular formula is C16H17Cl2N3. The lowest BCUT2D eigenvalue weighted by atomic mass is 9.86. The van der Waals surface area contributed by atoms with Gasteiger partial charge in [0.2, 0.25) is 0 Å². The number of hydrogen-bond acceptors (Lipinski definition) is 3. The summed E-state index contributed by atoms with van der Waals surface area (Å²) >= 11 is 12.1. The molecule has 2 N–H and O–H groups in total. The van der Waals surface area contributed by atoms with Crippen molar-refractivity contribution in [3.63, 3.8) is 0 Å². The molecule has 1 aliphatic rings. The van der Waals surface area contributed by atoms with Gasteiger partial charge in [-0.05, 0) is 62.4 Å². The fourth-order valence-corrected chi connectivity index (χ4v) is 3.40. The summed E-state index contributed by atoms with van der Waals surface area (Å²) in [5.74, 6) is 1.24. The average Bonchev–Trinajstić information content (AvgIpc) is 2.46. The zero-order valence-electron chi connectivity index (χ0n) is 11.9. The first kappa shape index (κ1) is 14.8. The molecule has 0 bridgehead atoms. The van der Waals surface area contributed by atoms with Gasteiger partial charge in [-0.1, -0.05) is 23.2 Å². The highest BCUT2D eigenvalue weighted by molar-refractivity contribution is 6.35. The van der Waals surface area contributed by atoms with E-state index < -0.39 is 0 Å². The molecule has 1 aromatic heterocycles. The van der Waals surface area contributed by atoms with Crippen molar-refractivity contribution in [3.05, 3.63) is 45.2 Å². The van der Waals surface area contributed by atoms with E-state index in [1.54, 1.807) is 6.07 Å². The molecule has 0 amide bonds. The topological polar surface area (TPSA) is 51.8 Å². The van der Waals surface area contributed by atoms with Crippen LogP contribution in [0.2, 0.25) is 10.0 Å². The van der Waals surface area contributed by atoms with Crippen LogP contribution in [-0.4, -0.2) is 16.5 Å². The first-order chi connectivity index (χ1) is 10.1. The molecule has 110 valence electrons. The molecule has 0 saturated heterocycles. The molecule has 0 radical (unpaired) electrons. The van der Waals surface area contributed by atoms with Crippen molar-refractivity contribution in [2.24, 2.45) is 11.7 Å². The third-order valence-corrected chi connectivity index (χ3v) is 4.47. The van der Waals surface area contributed by atoms with Crippen LogP contribution >= 0.6 is 23.2 Å². The van der Waals surface area contributed by atoms with Gasteiger partial charge in [0.25, 0.3) is 0 Å². The molecule has 1 aromatic carbocycles. The minimum atomic E-state index is 0.547. The van der Waals surface area contributed by atoms with Crippen molar-refractivity contribution in [1.82, 2.24) is 9.97 Å². The van der Waals surface area contributed by atoms with E-state index >= 15 is 0 Å². The highest BCUT2D eigenvalue weighted by atomic mass is 35.5. The molecule has 1 atom stereocenters. The first-order valence-electron chi connectivity index (χ1n) is 7.09. The standard InChI is InChI=1S/C16H17Cl2N3/c1-9-14-4-10(8-19)2-3-15(14)21-16(20-9)11-5-12(17)7-13(18)6-11/h5-7,10H,2-4,8,19H2,1H3. The van der Waals surface area contributed by atoms with Crippen LogP contribution in [0.3, 0.4) is 0 Å². The van der Waals surface area contributed by atoms with Crippen LogP contribution in [0.15, 0.2) is 18.2 Å². The Morgan fingerprint density at radius 3 is 2.57 bits per heavy atom. The van der Waals surface area contributed by atoms with Crippen molar-refractivity contribution >= 4 is 23.2 Å². The number of aryl methyl sites for hydroxylation is 2. The molecule has 2 aromatic rings. The van der Waals surface area contributed by atoms with Crippen LogP contribution in [0.5, 0.6) is 0 Å². The number of nitrogens with two attached hydrogens (primary N) is 1. The van der Waals surface area contributed by atoms with Crippen LogP contribution in [0.25, 0.3) is 11.4 Å². The maximum atomic E-state index is 6.07. The van der Waals surface area contributed by atoms with Crippen molar-refractivity contribution in [2.75, 3.05) is 6.54 Å². The Kier molecular flexibility index (Phi) is 4.16. The lowest BCUT2D eigenvalue weighted by Crippen LogP contribution is -2.24. The maximum Gasteiger partial charge on any atom is 0.159 e. The van der Waals surface area contributed by atoms with Gasteiger partial charge in [0.05, 0.1) is 0 Å². The van der Waals surface area contributed by atoms with E-state index in [1.807, 2.05) is 19.1 Å². The van der Waals surface area contributed by atoms with Crippen molar-refractivity contribution < 1.29 is 0 Å². The van der Waals surface area contributed by atoms with Gasteiger partial charge < -0.3 is 5.73 Å². The van der Waals surface area contributed by atoms with Crippen molar-refractivity contribution in [1.29, 1.82) is 0 Å². The minimum absolute atomic E-state index is 0.547. The molecule has 21 heavy (non-hydrogen) atoms. The van der Waals surface area contributed by atoms with E-state index in [0.717, 1.165) is 42.8 Å². The van der Waals surface area contributed by atoms with E-state index in [1.165, 1.54) is 5.56 Å². The van der Waals surface area contributed by atoms with Crippen LogP contribution < -0.4 is 5.73 Å².